The minimum atomic E-state index is -3.35. The lowest BCUT2D eigenvalue weighted by Gasteiger charge is -2.15. The molecule has 1 rings (SSSR count). The van der Waals surface area contributed by atoms with Gasteiger partial charge in [-0.05, 0) is 17.7 Å². The Kier molecular flexibility index (Phi) is 4.07. The van der Waals surface area contributed by atoms with Crippen LogP contribution in [0.2, 0.25) is 0 Å². The second kappa shape index (κ2) is 4.75. The van der Waals surface area contributed by atoms with Gasteiger partial charge in [0.1, 0.15) is 15.2 Å². The number of halogens is 2. The average Bonchev–Trinajstić information content (AvgIpc) is 2.14. The summed E-state index contributed by atoms with van der Waals surface area (Å²) in [5.74, 6) is -0.497. The maximum atomic E-state index is 12.8. The van der Waals surface area contributed by atoms with E-state index in [0.29, 0.717) is 0 Å². The Morgan fingerprint density at radius 3 is 2.53 bits per heavy atom. The van der Waals surface area contributed by atoms with Crippen LogP contribution in [0, 0.1) is 5.82 Å². The smallest absolute Gasteiger partial charge is 0.162 e. The summed E-state index contributed by atoms with van der Waals surface area (Å²) in [5.41, 5.74) is 0.264. The standard InChI is InChI=1S/C9H10FIO3S/c1-15(13,14)9(11)8(12)6-3-2-4-7(10)5-6/h2-5,8-9,12H,1H3. The highest BCUT2D eigenvalue weighted by molar-refractivity contribution is 14.1. The Morgan fingerprint density at radius 2 is 2.07 bits per heavy atom. The number of benzene rings is 1. The van der Waals surface area contributed by atoms with Crippen LogP contribution in [0.5, 0.6) is 0 Å². The summed E-state index contributed by atoms with van der Waals surface area (Å²) >= 11 is 1.63. The summed E-state index contributed by atoms with van der Waals surface area (Å²) in [5, 5.41) is 9.70. The van der Waals surface area contributed by atoms with Crippen molar-refractivity contribution in [2.75, 3.05) is 6.26 Å². The number of sulfone groups is 1. The van der Waals surface area contributed by atoms with Crippen molar-refractivity contribution in [1.29, 1.82) is 0 Å². The highest BCUT2D eigenvalue weighted by atomic mass is 127. The fourth-order valence-electron chi connectivity index (χ4n) is 1.08. The van der Waals surface area contributed by atoms with Crippen molar-refractivity contribution >= 4 is 32.4 Å². The minimum absolute atomic E-state index is 0.264. The van der Waals surface area contributed by atoms with E-state index in [4.69, 9.17) is 0 Å². The number of aliphatic hydroxyl groups is 1. The quantitative estimate of drug-likeness (QED) is 0.670. The summed E-state index contributed by atoms with van der Waals surface area (Å²) in [7, 11) is -3.35. The molecule has 0 spiro atoms. The van der Waals surface area contributed by atoms with Gasteiger partial charge in [-0.3, -0.25) is 0 Å². The zero-order valence-corrected chi connectivity index (χ0v) is 10.9. The molecule has 15 heavy (non-hydrogen) atoms. The molecule has 1 N–H and O–H groups in total. The average molecular weight is 344 g/mol. The van der Waals surface area contributed by atoms with Crippen LogP contribution in [0.25, 0.3) is 0 Å². The Bertz CT molecular complexity index is 446. The second-order valence-electron chi connectivity index (χ2n) is 3.18. The van der Waals surface area contributed by atoms with E-state index in [1.165, 1.54) is 18.2 Å². The van der Waals surface area contributed by atoms with Crippen LogP contribution < -0.4 is 0 Å². The van der Waals surface area contributed by atoms with Crippen molar-refractivity contribution < 1.29 is 17.9 Å². The van der Waals surface area contributed by atoms with E-state index in [-0.39, 0.29) is 5.56 Å². The largest absolute Gasteiger partial charge is 0.386 e. The molecule has 1 aromatic carbocycles. The van der Waals surface area contributed by atoms with Gasteiger partial charge in [0, 0.05) is 6.26 Å². The molecule has 0 fully saturated rings. The molecule has 0 saturated carbocycles. The van der Waals surface area contributed by atoms with Gasteiger partial charge in [0.05, 0.1) is 0 Å². The van der Waals surface area contributed by atoms with Gasteiger partial charge in [-0.25, -0.2) is 12.8 Å². The van der Waals surface area contributed by atoms with Gasteiger partial charge in [-0.1, -0.05) is 34.7 Å². The molecule has 0 amide bonds. The molecule has 0 radical (unpaired) electrons. The molecule has 2 unspecified atom stereocenters. The van der Waals surface area contributed by atoms with E-state index in [2.05, 4.69) is 0 Å². The first-order valence-electron chi connectivity index (χ1n) is 4.09. The summed E-state index contributed by atoms with van der Waals surface area (Å²) in [6.07, 6.45) is -0.177. The molecule has 0 bridgehead atoms. The van der Waals surface area contributed by atoms with Crippen molar-refractivity contribution in [3.05, 3.63) is 35.6 Å². The van der Waals surface area contributed by atoms with E-state index in [1.54, 1.807) is 22.6 Å². The lowest BCUT2D eigenvalue weighted by atomic mass is 10.1. The minimum Gasteiger partial charge on any atom is -0.386 e. The third kappa shape index (κ3) is 3.39. The van der Waals surface area contributed by atoms with Crippen molar-refractivity contribution in [3.8, 4) is 0 Å². The first-order valence-corrected chi connectivity index (χ1v) is 7.29. The lowest BCUT2D eigenvalue weighted by molar-refractivity contribution is 0.197. The van der Waals surface area contributed by atoms with Crippen LogP contribution >= 0.6 is 22.6 Å². The highest BCUT2D eigenvalue weighted by Crippen LogP contribution is 2.26. The fourth-order valence-corrected chi connectivity index (χ4v) is 2.12. The number of hydrogen-bond acceptors (Lipinski definition) is 3. The monoisotopic (exact) mass is 344 g/mol. The van der Waals surface area contributed by atoms with Crippen LogP contribution in [0.15, 0.2) is 24.3 Å². The van der Waals surface area contributed by atoms with E-state index in [0.717, 1.165) is 12.3 Å². The molecule has 3 nitrogen and oxygen atoms in total. The number of alkyl halides is 1. The number of hydrogen-bond donors (Lipinski definition) is 1. The van der Waals surface area contributed by atoms with Gasteiger partial charge in [0.15, 0.2) is 9.84 Å². The summed E-state index contributed by atoms with van der Waals surface area (Å²) in [6, 6.07) is 5.28. The molecular formula is C9H10FIO3S. The van der Waals surface area contributed by atoms with Gasteiger partial charge >= 0.3 is 0 Å². The Balaban J connectivity index is 3.00. The van der Waals surface area contributed by atoms with Crippen LogP contribution in [0.4, 0.5) is 4.39 Å². The molecule has 84 valence electrons. The highest BCUT2D eigenvalue weighted by Gasteiger charge is 2.27. The summed E-state index contributed by atoms with van der Waals surface area (Å²) in [4.78, 5) is 0. The third-order valence-corrected chi connectivity index (χ3v) is 6.38. The van der Waals surface area contributed by atoms with Crippen LogP contribution in [-0.2, 0) is 9.84 Å². The Labute approximate surface area is 101 Å². The predicted octanol–water partition coefficient (Wildman–Crippen LogP) is 1.66. The van der Waals surface area contributed by atoms with Crippen LogP contribution in [0.1, 0.15) is 11.7 Å². The molecule has 0 aliphatic heterocycles. The lowest BCUT2D eigenvalue weighted by Crippen LogP contribution is -2.21. The van der Waals surface area contributed by atoms with Crippen molar-refractivity contribution in [1.82, 2.24) is 0 Å². The number of aliphatic hydroxyl groups excluding tert-OH is 1. The van der Waals surface area contributed by atoms with E-state index < -0.39 is 25.0 Å². The molecular weight excluding hydrogens is 334 g/mol. The molecule has 0 aliphatic carbocycles. The Morgan fingerprint density at radius 1 is 1.47 bits per heavy atom. The maximum Gasteiger partial charge on any atom is 0.162 e. The van der Waals surface area contributed by atoms with Gasteiger partial charge in [0.2, 0.25) is 0 Å². The third-order valence-electron chi connectivity index (χ3n) is 1.85. The first kappa shape index (κ1) is 12.9. The second-order valence-corrected chi connectivity index (χ2v) is 7.53. The molecule has 0 aromatic heterocycles. The van der Waals surface area contributed by atoms with Crippen molar-refractivity contribution in [3.63, 3.8) is 0 Å². The molecule has 2 atom stereocenters. The van der Waals surface area contributed by atoms with Crippen molar-refractivity contribution in [2.45, 2.75) is 9.36 Å². The molecule has 0 saturated heterocycles. The van der Waals surface area contributed by atoms with E-state index >= 15 is 0 Å². The molecule has 0 aliphatic rings. The topological polar surface area (TPSA) is 54.4 Å². The molecule has 0 heterocycles. The van der Waals surface area contributed by atoms with Gasteiger partial charge < -0.3 is 5.11 Å². The van der Waals surface area contributed by atoms with E-state index in [9.17, 15) is 17.9 Å². The summed E-state index contributed by atoms with van der Waals surface area (Å²) < 4.78 is 34.2. The van der Waals surface area contributed by atoms with Crippen molar-refractivity contribution in [2.24, 2.45) is 0 Å². The maximum absolute atomic E-state index is 12.8. The summed E-state index contributed by atoms with van der Waals surface area (Å²) in [6.45, 7) is 0. The van der Waals surface area contributed by atoms with Crippen LogP contribution in [-0.4, -0.2) is 23.0 Å². The molecule has 1 aromatic rings. The van der Waals surface area contributed by atoms with Gasteiger partial charge in [-0.15, -0.1) is 0 Å². The molecule has 6 heteroatoms. The fraction of sp³-hybridized carbons (Fsp3) is 0.333. The first-order chi connectivity index (χ1) is 6.82. The zero-order valence-electron chi connectivity index (χ0n) is 7.89. The van der Waals surface area contributed by atoms with Gasteiger partial charge in [0.25, 0.3) is 0 Å². The normalized spacial score (nSPS) is 16.0. The predicted molar refractivity (Wildman–Crippen MR) is 64.0 cm³/mol. The van der Waals surface area contributed by atoms with Gasteiger partial charge in [-0.2, -0.15) is 0 Å². The zero-order chi connectivity index (χ0) is 11.6. The van der Waals surface area contributed by atoms with E-state index in [1.807, 2.05) is 0 Å². The Hall–Kier alpha value is -0.210. The van der Waals surface area contributed by atoms with Crippen LogP contribution in [0.3, 0.4) is 0 Å². The number of rotatable bonds is 3. The SMILES string of the molecule is CS(=O)(=O)C(I)C(O)c1cccc(F)c1.